The lowest BCUT2D eigenvalue weighted by molar-refractivity contribution is 1.37. The molecule has 0 radical (unpaired) electrons. The zero-order valence-corrected chi connectivity index (χ0v) is 11.5. The van der Waals surface area contributed by atoms with Crippen molar-refractivity contribution in [1.82, 2.24) is 4.98 Å². The van der Waals surface area contributed by atoms with Gasteiger partial charge in [0, 0.05) is 20.4 Å². The maximum atomic E-state index is 5.92. The highest BCUT2D eigenvalue weighted by molar-refractivity contribution is 9.11. The molecule has 0 aliphatic carbocycles. The molecule has 1 heterocycles. The Bertz CT molecular complexity index is 470. The van der Waals surface area contributed by atoms with Crippen LogP contribution in [0, 0.1) is 0 Å². The minimum absolute atomic E-state index is 0.715. The molecule has 1 nitrogen and oxygen atoms in total. The van der Waals surface area contributed by atoms with E-state index in [0.29, 0.717) is 5.02 Å². The zero-order valence-electron chi connectivity index (χ0n) is 6.80. The molecule has 0 atom stereocenters. The van der Waals surface area contributed by atoms with Crippen molar-refractivity contribution < 1.29 is 0 Å². The zero-order chi connectivity index (χ0) is 10.1. The van der Waals surface area contributed by atoms with Crippen LogP contribution < -0.4 is 0 Å². The van der Waals surface area contributed by atoms with Gasteiger partial charge in [0.15, 0.2) is 3.92 Å². The van der Waals surface area contributed by atoms with Crippen molar-refractivity contribution in [2.24, 2.45) is 0 Å². The Hall–Kier alpha value is 0.1000. The summed E-state index contributed by atoms with van der Waals surface area (Å²) in [6, 6.07) is 5.66. The van der Waals surface area contributed by atoms with Crippen molar-refractivity contribution in [3.63, 3.8) is 0 Å². The second-order valence-corrected chi connectivity index (χ2v) is 6.03. The number of hydrogen-bond donors (Lipinski definition) is 0. The molecule has 0 aliphatic rings. The summed E-state index contributed by atoms with van der Waals surface area (Å²) in [5, 5.41) is 2.70. The highest BCUT2D eigenvalue weighted by atomic mass is 79.9. The van der Waals surface area contributed by atoms with Gasteiger partial charge in [-0.05, 0) is 34.1 Å². The molecular weight excluding hydrogens is 349 g/mol. The van der Waals surface area contributed by atoms with Gasteiger partial charge in [0.2, 0.25) is 0 Å². The molecule has 2 rings (SSSR count). The van der Waals surface area contributed by atoms with Crippen LogP contribution in [-0.4, -0.2) is 4.98 Å². The Morgan fingerprint density at radius 3 is 2.71 bits per heavy atom. The molecule has 0 aliphatic heterocycles. The van der Waals surface area contributed by atoms with Gasteiger partial charge in [-0.15, -0.1) is 11.3 Å². The first-order valence-electron chi connectivity index (χ1n) is 3.73. The van der Waals surface area contributed by atoms with Gasteiger partial charge in [-0.3, -0.25) is 0 Å². The summed E-state index contributed by atoms with van der Waals surface area (Å²) in [6.45, 7) is 0. The summed E-state index contributed by atoms with van der Waals surface area (Å²) in [6.07, 6.45) is 0. The van der Waals surface area contributed by atoms with Gasteiger partial charge in [-0.2, -0.15) is 0 Å². The molecule has 1 aromatic carbocycles. The Kier molecular flexibility index (Phi) is 3.27. The lowest BCUT2D eigenvalue weighted by Crippen LogP contribution is -1.79. The summed E-state index contributed by atoms with van der Waals surface area (Å²) < 4.78 is 1.87. The average Bonchev–Trinajstić information content (AvgIpc) is 2.56. The van der Waals surface area contributed by atoms with Gasteiger partial charge in [-0.1, -0.05) is 27.5 Å². The number of aromatic nitrogens is 1. The van der Waals surface area contributed by atoms with Crippen LogP contribution >= 0.6 is 54.8 Å². The SMILES string of the molecule is Clc1ccc(Br)c(-c2csc(Br)n2)c1. The maximum absolute atomic E-state index is 5.92. The van der Waals surface area contributed by atoms with Gasteiger partial charge in [-0.25, -0.2) is 4.98 Å². The Morgan fingerprint density at radius 2 is 2.07 bits per heavy atom. The Labute approximate surface area is 107 Å². The van der Waals surface area contributed by atoms with E-state index in [0.717, 1.165) is 19.6 Å². The van der Waals surface area contributed by atoms with Gasteiger partial charge >= 0.3 is 0 Å². The topological polar surface area (TPSA) is 12.9 Å². The first-order valence-corrected chi connectivity index (χ1v) is 6.57. The van der Waals surface area contributed by atoms with E-state index in [1.165, 1.54) is 0 Å². The van der Waals surface area contributed by atoms with Gasteiger partial charge in [0.25, 0.3) is 0 Å². The summed E-state index contributed by atoms with van der Waals surface area (Å²) in [4.78, 5) is 4.33. The van der Waals surface area contributed by atoms with Crippen molar-refractivity contribution >= 4 is 54.8 Å². The molecule has 0 saturated carbocycles. The number of benzene rings is 1. The molecule has 0 spiro atoms. The molecule has 0 saturated heterocycles. The first kappa shape index (κ1) is 10.6. The van der Waals surface area contributed by atoms with E-state index in [1.807, 2.05) is 23.6 Å². The van der Waals surface area contributed by atoms with E-state index in [-0.39, 0.29) is 0 Å². The van der Waals surface area contributed by atoms with E-state index in [9.17, 15) is 0 Å². The highest BCUT2D eigenvalue weighted by Gasteiger charge is 2.07. The highest BCUT2D eigenvalue weighted by Crippen LogP contribution is 2.32. The molecular formula is C9H4Br2ClNS. The lowest BCUT2D eigenvalue weighted by Gasteiger charge is -2.00. The average molecular weight is 353 g/mol. The minimum Gasteiger partial charge on any atom is -0.229 e. The molecule has 5 heteroatoms. The standard InChI is InChI=1S/C9H4Br2ClNS/c10-7-2-1-5(12)3-6(7)8-4-14-9(11)13-8/h1-4H. The number of thiazole rings is 1. The predicted molar refractivity (Wildman–Crippen MR) is 68.0 cm³/mol. The van der Waals surface area contributed by atoms with Crippen LogP contribution in [0.15, 0.2) is 32.0 Å². The van der Waals surface area contributed by atoms with Crippen LogP contribution in [0.2, 0.25) is 5.02 Å². The van der Waals surface area contributed by atoms with Crippen LogP contribution in [0.5, 0.6) is 0 Å². The number of hydrogen-bond acceptors (Lipinski definition) is 2. The van der Waals surface area contributed by atoms with Crippen molar-refractivity contribution in [2.75, 3.05) is 0 Å². The molecule has 0 unspecified atom stereocenters. The summed E-state index contributed by atoms with van der Waals surface area (Å²) >= 11 is 14.3. The van der Waals surface area contributed by atoms with E-state index < -0.39 is 0 Å². The molecule has 2 aromatic rings. The summed E-state index contributed by atoms with van der Waals surface area (Å²) in [7, 11) is 0. The van der Waals surface area contributed by atoms with Crippen molar-refractivity contribution in [3.8, 4) is 11.3 Å². The molecule has 1 aromatic heterocycles. The maximum Gasteiger partial charge on any atom is 0.159 e. The largest absolute Gasteiger partial charge is 0.229 e. The third-order valence-electron chi connectivity index (χ3n) is 1.68. The molecule has 0 fully saturated rings. The summed E-state index contributed by atoms with van der Waals surface area (Å²) in [5.41, 5.74) is 1.94. The lowest BCUT2D eigenvalue weighted by atomic mass is 10.2. The van der Waals surface area contributed by atoms with Crippen molar-refractivity contribution in [3.05, 3.63) is 37.0 Å². The quantitative estimate of drug-likeness (QED) is 0.704. The second kappa shape index (κ2) is 4.31. The van der Waals surface area contributed by atoms with Crippen molar-refractivity contribution in [1.29, 1.82) is 0 Å². The monoisotopic (exact) mass is 351 g/mol. The summed E-state index contributed by atoms with van der Waals surface area (Å²) in [5.74, 6) is 0. The van der Waals surface area contributed by atoms with Crippen LogP contribution in [0.4, 0.5) is 0 Å². The van der Waals surface area contributed by atoms with Crippen molar-refractivity contribution in [2.45, 2.75) is 0 Å². The van der Waals surface area contributed by atoms with Crippen LogP contribution in [0.25, 0.3) is 11.3 Å². The van der Waals surface area contributed by atoms with Crippen LogP contribution in [0.3, 0.4) is 0 Å². The Morgan fingerprint density at radius 1 is 1.29 bits per heavy atom. The van der Waals surface area contributed by atoms with Gasteiger partial charge < -0.3 is 0 Å². The molecule has 0 bridgehead atoms. The number of rotatable bonds is 1. The van der Waals surface area contributed by atoms with E-state index in [2.05, 4.69) is 36.8 Å². The minimum atomic E-state index is 0.715. The smallest absolute Gasteiger partial charge is 0.159 e. The van der Waals surface area contributed by atoms with Crippen LogP contribution in [-0.2, 0) is 0 Å². The first-order chi connectivity index (χ1) is 6.66. The second-order valence-electron chi connectivity index (χ2n) is 2.61. The molecule has 72 valence electrons. The third-order valence-corrected chi connectivity index (χ3v) is 3.97. The molecule has 0 N–H and O–H groups in total. The Balaban J connectivity index is 2.55. The molecule has 14 heavy (non-hydrogen) atoms. The fraction of sp³-hybridized carbons (Fsp3) is 0. The fourth-order valence-corrected chi connectivity index (χ4v) is 2.70. The van der Waals surface area contributed by atoms with E-state index in [1.54, 1.807) is 11.3 Å². The van der Waals surface area contributed by atoms with Crippen LogP contribution in [0.1, 0.15) is 0 Å². The molecule has 0 amide bonds. The predicted octanol–water partition coefficient (Wildman–Crippen LogP) is 4.99. The van der Waals surface area contributed by atoms with E-state index in [4.69, 9.17) is 11.6 Å². The number of nitrogens with zero attached hydrogens (tertiary/aromatic N) is 1. The van der Waals surface area contributed by atoms with Gasteiger partial charge in [0.05, 0.1) is 5.69 Å². The number of halogens is 3. The normalized spacial score (nSPS) is 10.5. The fourth-order valence-electron chi connectivity index (χ4n) is 1.07. The van der Waals surface area contributed by atoms with Gasteiger partial charge in [0.1, 0.15) is 0 Å². The van der Waals surface area contributed by atoms with E-state index >= 15 is 0 Å². The third kappa shape index (κ3) is 2.19.